The van der Waals surface area contributed by atoms with Gasteiger partial charge in [0, 0.05) is 11.8 Å². The Morgan fingerprint density at radius 1 is 1.20 bits per heavy atom. The topological polar surface area (TPSA) is 30.0 Å². The quantitative estimate of drug-likeness (QED) is 0.781. The van der Waals surface area contributed by atoms with Crippen LogP contribution < -0.4 is 0 Å². The normalized spacial score (nSPS) is 17.2. The summed E-state index contributed by atoms with van der Waals surface area (Å²) in [5.74, 6) is 0.641. The van der Waals surface area contributed by atoms with E-state index in [0.29, 0.717) is 5.92 Å². The molecule has 0 N–H and O–H groups in total. The van der Waals surface area contributed by atoms with Crippen LogP contribution in [-0.2, 0) is 6.42 Å². The second-order valence-corrected chi connectivity index (χ2v) is 5.78. The molecule has 0 aliphatic heterocycles. The van der Waals surface area contributed by atoms with Gasteiger partial charge in [0.15, 0.2) is 5.78 Å². The first-order valence-electron chi connectivity index (χ1n) is 7.25. The van der Waals surface area contributed by atoms with Gasteiger partial charge in [-0.15, -0.1) is 0 Å². The van der Waals surface area contributed by atoms with Crippen LogP contribution >= 0.6 is 0 Å². The molecule has 1 heterocycles. The first kappa shape index (κ1) is 13.0. The second kappa shape index (κ2) is 5.20. The van der Waals surface area contributed by atoms with Gasteiger partial charge in [0.25, 0.3) is 0 Å². The number of aryl methyl sites for hydroxylation is 1. The monoisotopic (exact) mass is 265 g/mol. The fourth-order valence-electron chi connectivity index (χ4n) is 2.90. The van der Waals surface area contributed by atoms with Gasteiger partial charge in [0.1, 0.15) is 0 Å². The first-order chi connectivity index (χ1) is 9.66. The molecule has 0 fully saturated rings. The molecule has 1 aromatic carbocycles. The van der Waals surface area contributed by atoms with Crippen molar-refractivity contribution in [3.8, 4) is 0 Å². The SMILES string of the molecule is CC(C)c1ccc(C(=O)C2CCc3cccnc32)cc1. The van der Waals surface area contributed by atoms with Gasteiger partial charge in [-0.05, 0) is 36.0 Å². The molecule has 20 heavy (non-hydrogen) atoms. The van der Waals surface area contributed by atoms with Crippen LogP contribution in [0.1, 0.15) is 59.3 Å². The van der Waals surface area contributed by atoms with Crippen molar-refractivity contribution in [3.63, 3.8) is 0 Å². The number of nitrogens with zero attached hydrogens (tertiary/aromatic N) is 1. The number of aromatic nitrogens is 1. The van der Waals surface area contributed by atoms with Crippen LogP contribution in [0.2, 0.25) is 0 Å². The van der Waals surface area contributed by atoms with Crippen LogP contribution in [0.15, 0.2) is 42.6 Å². The average molecular weight is 265 g/mol. The van der Waals surface area contributed by atoms with E-state index in [4.69, 9.17) is 0 Å². The summed E-state index contributed by atoms with van der Waals surface area (Å²) in [6.07, 6.45) is 3.63. The van der Waals surface area contributed by atoms with Gasteiger partial charge in [0.2, 0.25) is 0 Å². The average Bonchev–Trinajstić information content (AvgIpc) is 2.90. The molecule has 0 spiro atoms. The third kappa shape index (κ3) is 2.26. The summed E-state index contributed by atoms with van der Waals surface area (Å²) in [6.45, 7) is 4.32. The summed E-state index contributed by atoms with van der Waals surface area (Å²) in [6, 6.07) is 12.1. The van der Waals surface area contributed by atoms with Gasteiger partial charge in [-0.3, -0.25) is 9.78 Å². The summed E-state index contributed by atoms with van der Waals surface area (Å²) < 4.78 is 0. The highest BCUT2D eigenvalue weighted by atomic mass is 16.1. The van der Waals surface area contributed by atoms with E-state index in [1.807, 2.05) is 18.2 Å². The third-order valence-corrected chi connectivity index (χ3v) is 4.14. The molecule has 2 aromatic rings. The number of Topliss-reactive ketones (excluding diaryl/α,β-unsaturated/α-hetero) is 1. The van der Waals surface area contributed by atoms with Crippen molar-refractivity contribution in [1.29, 1.82) is 0 Å². The Kier molecular flexibility index (Phi) is 3.39. The van der Waals surface area contributed by atoms with E-state index in [0.717, 1.165) is 24.1 Å². The van der Waals surface area contributed by atoms with Crippen molar-refractivity contribution in [3.05, 3.63) is 65.0 Å². The maximum absolute atomic E-state index is 12.7. The molecule has 2 nitrogen and oxygen atoms in total. The summed E-state index contributed by atoms with van der Waals surface area (Å²) in [4.78, 5) is 17.1. The molecule has 3 rings (SSSR count). The Balaban J connectivity index is 1.87. The Bertz CT molecular complexity index is 628. The lowest BCUT2D eigenvalue weighted by molar-refractivity contribution is 0.0958. The number of rotatable bonds is 3. The number of ketones is 1. The number of pyridine rings is 1. The van der Waals surface area contributed by atoms with E-state index in [1.165, 1.54) is 11.1 Å². The van der Waals surface area contributed by atoms with Gasteiger partial charge in [-0.1, -0.05) is 44.2 Å². The Morgan fingerprint density at radius 2 is 1.95 bits per heavy atom. The zero-order chi connectivity index (χ0) is 14.1. The summed E-state index contributed by atoms with van der Waals surface area (Å²) in [7, 11) is 0. The van der Waals surface area contributed by atoms with Crippen molar-refractivity contribution in [1.82, 2.24) is 4.98 Å². The lowest BCUT2D eigenvalue weighted by Gasteiger charge is -2.11. The molecule has 1 aliphatic carbocycles. The summed E-state index contributed by atoms with van der Waals surface area (Å²) in [5.41, 5.74) is 4.28. The lowest BCUT2D eigenvalue weighted by Crippen LogP contribution is -2.11. The zero-order valence-corrected chi connectivity index (χ0v) is 12.0. The molecule has 1 aliphatic rings. The number of carbonyl (C=O) groups excluding carboxylic acids is 1. The molecular weight excluding hydrogens is 246 g/mol. The summed E-state index contributed by atoms with van der Waals surface area (Å²) >= 11 is 0. The van der Waals surface area contributed by atoms with E-state index < -0.39 is 0 Å². The van der Waals surface area contributed by atoms with Crippen molar-refractivity contribution in [2.24, 2.45) is 0 Å². The Hall–Kier alpha value is -1.96. The number of fused-ring (bicyclic) bond motifs is 1. The molecule has 1 aromatic heterocycles. The van der Waals surface area contributed by atoms with E-state index >= 15 is 0 Å². The zero-order valence-electron chi connectivity index (χ0n) is 12.0. The van der Waals surface area contributed by atoms with Crippen LogP contribution in [0.5, 0.6) is 0 Å². The molecule has 102 valence electrons. The van der Waals surface area contributed by atoms with Crippen LogP contribution in [0.4, 0.5) is 0 Å². The molecule has 0 amide bonds. The number of hydrogen-bond donors (Lipinski definition) is 0. The molecule has 1 unspecified atom stereocenters. The molecule has 0 bridgehead atoms. The van der Waals surface area contributed by atoms with Crippen molar-refractivity contribution >= 4 is 5.78 Å². The third-order valence-electron chi connectivity index (χ3n) is 4.14. The van der Waals surface area contributed by atoms with Crippen molar-refractivity contribution < 1.29 is 4.79 Å². The standard InChI is InChI=1S/C18H19NO/c1-12(2)13-5-7-15(8-6-13)18(20)16-10-9-14-4-3-11-19-17(14)16/h3-8,11-12,16H,9-10H2,1-2H3. The van der Waals surface area contributed by atoms with Crippen LogP contribution in [0.25, 0.3) is 0 Å². The maximum atomic E-state index is 12.7. The maximum Gasteiger partial charge on any atom is 0.171 e. The number of carbonyl (C=O) groups is 1. The van der Waals surface area contributed by atoms with Crippen LogP contribution in [0, 0.1) is 0 Å². The molecule has 1 atom stereocenters. The highest BCUT2D eigenvalue weighted by Gasteiger charge is 2.30. The molecule has 2 heteroatoms. The van der Waals surface area contributed by atoms with E-state index in [9.17, 15) is 4.79 Å². The Labute approximate surface area is 119 Å². The largest absolute Gasteiger partial charge is 0.293 e. The number of hydrogen-bond acceptors (Lipinski definition) is 2. The minimum atomic E-state index is -0.0592. The first-order valence-corrected chi connectivity index (χ1v) is 7.25. The fourth-order valence-corrected chi connectivity index (χ4v) is 2.90. The predicted molar refractivity (Wildman–Crippen MR) is 80.2 cm³/mol. The number of benzene rings is 1. The van der Waals surface area contributed by atoms with Crippen LogP contribution in [0.3, 0.4) is 0 Å². The Morgan fingerprint density at radius 3 is 2.65 bits per heavy atom. The predicted octanol–water partition coefficient (Wildman–Crippen LogP) is 4.12. The molecule has 0 saturated heterocycles. The fraction of sp³-hybridized carbons (Fsp3) is 0.333. The smallest absolute Gasteiger partial charge is 0.171 e. The van der Waals surface area contributed by atoms with E-state index in [-0.39, 0.29) is 11.7 Å². The molecule has 0 radical (unpaired) electrons. The van der Waals surface area contributed by atoms with Gasteiger partial charge in [-0.25, -0.2) is 0 Å². The van der Waals surface area contributed by atoms with Gasteiger partial charge >= 0.3 is 0 Å². The van der Waals surface area contributed by atoms with Gasteiger partial charge < -0.3 is 0 Å². The van der Waals surface area contributed by atoms with Crippen molar-refractivity contribution in [2.45, 2.75) is 38.5 Å². The molecule has 0 saturated carbocycles. The van der Waals surface area contributed by atoms with Gasteiger partial charge in [0.05, 0.1) is 11.6 Å². The lowest BCUT2D eigenvalue weighted by atomic mass is 9.93. The van der Waals surface area contributed by atoms with E-state index in [2.05, 4.69) is 37.0 Å². The summed E-state index contributed by atoms with van der Waals surface area (Å²) in [5, 5.41) is 0. The minimum absolute atomic E-state index is 0.0592. The van der Waals surface area contributed by atoms with Gasteiger partial charge in [-0.2, -0.15) is 0 Å². The minimum Gasteiger partial charge on any atom is -0.293 e. The highest BCUT2D eigenvalue weighted by Crippen LogP contribution is 2.33. The van der Waals surface area contributed by atoms with Crippen LogP contribution in [-0.4, -0.2) is 10.8 Å². The van der Waals surface area contributed by atoms with E-state index in [1.54, 1.807) is 6.20 Å². The second-order valence-electron chi connectivity index (χ2n) is 5.78. The van der Waals surface area contributed by atoms with Crippen molar-refractivity contribution in [2.75, 3.05) is 0 Å². The molecular formula is C18H19NO. The highest BCUT2D eigenvalue weighted by molar-refractivity contribution is 6.01.